The number of carbonyl (C=O) groups excluding carboxylic acids is 2. The lowest BCUT2D eigenvalue weighted by Gasteiger charge is -2.17. The Morgan fingerprint density at radius 3 is 2.59 bits per heavy atom. The van der Waals surface area contributed by atoms with Gasteiger partial charge in [-0.05, 0) is 20.4 Å². The van der Waals surface area contributed by atoms with Crippen LogP contribution in [0, 0.1) is 0 Å². The molecule has 0 aliphatic carbocycles. The van der Waals surface area contributed by atoms with Gasteiger partial charge in [-0.2, -0.15) is 0 Å². The van der Waals surface area contributed by atoms with Crippen molar-refractivity contribution in [3.63, 3.8) is 0 Å². The van der Waals surface area contributed by atoms with Crippen LogP contribution >= 0.6 is 0 Å². The third kappa shape index (κ3) is 9.77. The quantitative estimate of drug-likeness (QED) is 0.548. The van der Waals surface area contributed by atoms with Gasteiger partial charge in [0.25, 0.3) is 0 Å². The van der Waals surface area contributed by atoms with Crippen LogP contribution in [0.15, 0.2) is 0 Å². The van der Waals surface area contributed by atoms with Crippen LogP contribution in [0.2, 0.25) is 0 Å². The highest BCUT2D eigenvalue weighted by Gasteiger charge is 2.11. The molecule has 6 heteroatoms. The van der Waals surface area contributed by atoms with E-state index in [9.17, 15) is 9.59 Å². The Morgan fingerprint density at radius 2 is 2.06 bits per heavy atom. The molecule has 0 saturated carbocycles. The minimum Gasteiger partial charge on any atom is -0.392 e. The van der Waals surface area contributed by atoms with Gasteiger partial charge in [0, 0.05) is 13.1 Å². The number of nitrogens with one attached hydrogen (secondary N) is 2. The van der Waals surface area contributed by atoms with Gasteiger partial charge in [-0.15, -0.1) is 0 Å². The molecule has 0 heterocycles. The molecule has 100 valence electrons. The second-order valence-corrected chi connectivity index (χ2v) is 4.20. The summed E-state index contributed by atoms with van der Waals surface area (Å²) in [6.07, 6.45) is 1.39. The summed E-state index contributed by atoms with van der Waals surface area (Å²) < 4.78 is 0. The molecule has 0 aliphatic heterocycles. The van der Waals surface area contributed by atoms with E-state index < -0.39 is 12.1 Å². The average molecular weight is 245 g/mol. The van der Waals surface area contributed by atoms with Gasteiger partial charge in [-0.25, -0.2) is 4.79 Å². The van der Waals surface area contributed by atoms with Crippen molar-refractivity contribution in [3.8, 4) is 0 Å². The predicted octanol–water partition coefficient (Wildman–Crippen LogP) is -0.0751. The van der Waals surface area contributed by atoms with Crippen LogP contribution in [0.1, 0.15) is 26.7 Å². The molecule has 0 aromatic rings. The largest absolute Gasteiger partial charge is 0.392 e. The van der Waals surface area contributed by atoms with Gasteiger partial charge in [0.05, 0.1) is 12.6 Å². The molecule has 3 amide bonds. The Hall–Kier alpha value is -1.14. The van der Waals surface area contributed by atoms with Crippen LogP contribution in [0.25, 0.3) is 0 Å². The first kappa shape index (κ1) is 15.9. The van der Waals surface area contributed by atoms with Gasteiger partial charge < -0.3 is 10.4 Å². The lowest BCUT2D eigenvalue weighted by molar-refractivity contribution is -0.121. The van der Waals surface area contributed by atoms with Crippen LogP contribution in [0.3, 0.4) is 0 Å². The number of aliphatic hydroxyl groups is 1. The van der Waals surface area contributed by atoms with Gasteiger partial charge in [0.15, 0.2) is 0 Å². The number of imide groups is 1. The molecule has 0 aromatic heterocycles. The minimum absolute atomic E-state index is 0.0894. The van der Waals surface area contributed by atoms with E-state index in [1.807, 2.05) is 6.92 Å². The first-order chi connectivity index (χ1) is 7.95. The molecule has 0 fully saturated rings. The summed E-state index contributed by atoms with van der Waals surface area (Å²) in [5.74, 6) is -0.373. The summed E-state index contributed by atoms with van der Waals surface area (Å²) in [6.45, 7) is 4.72. The highest BCUT2D eigenvalue weighted by atomic mass is 16.3. The van der Waals surface area contributed by atoms with Crippen molar-refractivity contribution in [1.29, 1.82) is 0 Å². The van der Waals surface area contributed by atoms with Crippen molar-refractivity contribution in [2.45, 2.75) is 32.8 Å². The Labute approximate surface area is 102 Å². The number of likely N-dealkylation sites (N-methyl/N-ethyl adjacent to an activating group) is 1. The fraction of sp³-hybridized carbons (Fsp3) is 0.818. The maximum atomic E-state index is 11.4. The van der Waals surface area contributed by atoms with E-state index in [0.29, 0.717) is 13.1 Å². The van der Waals surface area contributed by atoms with E-state index >= 15 is 0 Å². The molecule has 0 bridgehead atoms. The maximum Gasteiger partial charge on any atom is 0.321 e. The zero-order valence-corrected chi connectivity index (χ0v) is 10.8. The van der Waals surface area contributed by atoms with E-state index in [1.54, 1.807) is 18.9 Å². The van der Waals surface area contributed by atoms with Crippen molar-refractivity contribution in [2.75, 3.05) is 26.7 Å². The number of nitrogens with zero attached hydrogens (tertiary/aromatic N) is 1. The van der Waals surface area contributed by atoms with E-state index in [2.05, 4.69) is 10.6 Å². The molecule has 0 spiro atoms. The van der Waals surface area contributed by atoms with E-state index in [4.69, 9.17) is 5.11 Å². The number of aliphatic hydroxyl groups excluding tert-OH is 1. The standard InChI is InChI=1S/C11H23N3O3/c1-4-5-6-12-11(17)13-10(16)8-14(3)7-9(2)15/h9,15H,4-8H2,1-3H3,(H2,12,13,16,17). The molecule has 0 saturated heterocycles. The number of hydrogen-bond donors (Lipinski definition) is 3. The third-order valence-corrected chi connectivity index (χ3v) is 2.06. The molecular formula is C11H23N3O3. The summed E-state index contributed by atoms with van der Waals surface area (Å²) in [4.78, 5) is 24.3. The van der Waals surface area contributed by atoms with Gasteiger partial charge in [-0.3, -0.25) is 15.0 Å². The molecular weight excluding hydrogens is 222 g/mol. The first-order valence-corrected chi connectivity index (χ1v) is 5.90. The Morgan fingerprint density at radius 1 is 1.41 bits per heavy atom. The van der Waals surface area contributed by atoms with E-state index in [1.165, 1.54) is 0 Å². The first-order valence-electron chi connectivity index (χ1n) is 5.90. The molecule has 0 radical (unpaired) electrons. The molecule has 1 atom stereocenters. The highest BCUT2D eigenvalue weighted by Crippen LogP contribution is 1.87. The van der Waals surface area contributed by atoms with Crippen molar-refractivity contribution in [1.82, 2.24) is 15.5 Å². The van der Waals surface area contributed by atoms with Crippen molar-refractivity contribution in [3.05, 3.63) is 0 Å². The molecule has 0 aromatic carbocycles. The molecule has 17 heavy (non-hydrogen) atoms. The highest BCUT2D eigenvalue weighted by molar-refractivity contribution is 5.95. The fourth-order valence-corrected chi connectivity index (χ4v) is 1.35. The lowest BCUT2D eigenvalue weighted by Crippen LogP contribution is -2.44. The summed E-state index contributed by atoms with van der Waals surface area (Å²) in [5, 5.41) is 13.9. The second kappa shape index (κ2) is 8.95. The lowest BCUT2D eigenvalue weighted by atomic mass is 10.3. The van der Waals surface area contributed by atoms with Crippen LogP contribution in [0.4, 0.5) is 4.79 Å². The van der Waals surface area contributed by atoms with E-state index in [0.717, 1.165) is 12.8 Å². The van der Waals surface area contributed by atoms with E-state index in [-0.39, 0.29) is 12.5 Å². The molecule has 0 rings (SSSR count). The van der Waals surface area contributed by atoms with Crippen LogP contribution in [-0.2, 0) is 4.79 Å². The Kier molecular flexibility index (Phi) is 8.35. The average Bonchev–Trinajstić information content (AvgIpc) is 2.15. The number of urea groups is 1. The zero-order valence-electron chi connectivity index (χ0n) is 10.8. The van der Waals surface area contributed by atoms with Gasteiger partial charge in [-0.1, -0.05) is 13.3 Å². The molecule has 1 unspecified atom stereocenters. The number of rotatable bonds is 7. The van der Waals surface area contributed by atoms with Crippen LogP contribution < -0.4 is 10.6 Å². The number of hydrogen-bond acceptors (Lipinski definition) is 4. The monoisotopic (exact) mass is 245 g/mol. The normalized spacial score (nSPS) is 12.3. The summed E-state index contributed by atoms with van der Waals surface area (Å²) in [6, 6.07) is -0.464. The smallest absolute Gasteiger partial charge is 0.321 e. The minimum atomic E-state index is -0.494. The predicted molar refractivity (Wildman–Crippen MR) is 65.6 cm³/mol. The Bertz CT molecular complexity index is 244. The second-order valence-electron chi connectivity index (χ2n) is 4.20. The number of amides is 3. The number of carbonyl (C=O) groups is 2. The number of unbranched alkanes of at least 4 members (excludes halogenated alkanes) is 1. The van der Waals surface area contributed by atoms with Crippen LogP contribution in [0.5, 0.6) is 0 Å². The van der Waals surface area contributed by atoms with Crippen molar-refractivity contribution < 1.29 is 14.7 Å². The maximum absolute atomic E-state index is 11.4. The fourth-order valence-electron chi connectivity index (χ4n) is 1.35. The molecule has 3 N–H and O–H groups in total. The molecule has 6 nitrogen and oxygen atoms in total. The third-order valence-electron chi connectivity index (χ3n) is 2.06. The SMILES string of the molecule is CCCCNC(=O)NC(=O)CN(C)CC(C)O. The van der Waals surface area contributed by atoms with Crippen molar-refractivity contribution in [2.24, 2.45) is 0 Å². The summed E-state index contributed by atoms with van der Waals surface area (Å²) >= 11 is 0. The molecule has 0 aliphatic rings. The van der Waals surface area contributed by atoms with Gasteiger partial charge >= 0.3 is 6.03 Å². The van der Waals surface area contributed by atoms with Gasteiger partial charge in [0.2, 0.25) is 5.91 Å². The topological polar surface area (TPSA) is 81.7 Å². The zero-order chi connectivity index (χ0) is 13.3. The summed E-state index contributed by atoms with van der Waals surface area (Å²) in [7, 11) is 1.71. The Balaban J connectivity index is 3.73. The van der Waals surface area contributed by atoms with Crippen LogP contribution in [-0.4, -0.2) is 54.7 Å². The van der Waals surface area contributed by atoms with Crippen molar-refractivity contribution >= 4 is 11.9 Å². The van der Waals surface area contributed by atoms with Gasteiger partial charge in [0.1, 0.15) is 0 Å². The summed E-state index contributed by atoms with van der Waals surface area (Å²) in [5.41, 5.74) is 0.